The van der Waals surface area contributed by atoms with Gasteiger partial charge in [-0.1, -0.05) is 30.3 Å². The van der Waals surface area contributed by atoms with Gasteiger partial charge in [0, 0.05) is 19.0 Å². The van der Waals surface area contributed by atoms with Crippen molar-refractivity contribution in [1.29, 1.82) is 0 Å². The van der Waals surface area contributed by atoms with Crippen molar-refractivity contribution in [3.8, 4) is 0 Å². The molecule has 1 aliphatic rings. The Morgan fingerprint density at radius 3 is 2.46 bits per heavy atom. The fourth-order valence-electron chi connectivity index (χ4n) is 3.01. The predicted molar refractivity (Wildman–Crippen MR) is 91.7 cm³/mol. The number of hydrogen-bond acceptors (Lipinski definition) is 4. The lowest BCUT2D eigenvalue weighted by atomic mass is 9.81. The SMILES string of the molecule is CCOC(=O)[C@@H]1CCN(C(=O)OC(C)(C)C)C[C@H]1c1ccccc1. The first-order valence-corrected chi connectivity index (χ1v) is 8.51. The van der Waals surface area contributed by atoms with E-state index in [0.717, 1.165) is 5.56 Å². The highest BCUT2D eigenvalue weighted by atomic mass is 16.6. The van der Waals surface area contributed by atoms with Gasteiger partial charge < -0.3 is 14.4 Å². The highest BCUT2D eigenvalue weighted by Crippen LogP contribution is 2.34. The van der Waals surface area contributed by atoms with Gasteiger partial charge in [-0.2, -0.15) is 0 Å². The van der Waals surface area contributed by atoms with Gasteiger partial charge in [-0.15, -0.1) is 0 Å². The van der Waals surface area contributed by atoms with Gasteiger partial charge in [-0.3, -0.25) is 4.79 Å². The molecule has 5 heteroatoms. The van der Waals surface area contributed by atoms with Crippen molar-refractivity contribution < 1.29 is 19.1 Å². The molecule has 1 aliphatic heterocycles. The Labute approximate surface area is 143 Å². The van der Waals surface area contributed by atoms with Crippen LogP contribution in [0.3, 0.4) is 0 Å². The molecular formula is C19H27NO4. The third-order valence-corrected chi connectivity index (χ3v) is 4.08. The maximum Gasteiger partial charge on any atom is 0.410 e. The van der Waals surface area contributed by atoms with Gasteiger partial charge in [0.15, 0.2) is 0 Å². The maximum atomic E-state index is 12.4. The van der Waals surface area contributed by atoms with Crippen molar-refractivity contribution in [2.24, 2.45) is 5.92 Å². The number of hydrogen-bond donors (Lipinski definition) is 0. The first-order chi connectivity index (χ1) is 11.3. The molecule has 2 atom stereocenters. The van der Waals surface area contributed by atoms with E-state index < -0.39 is 5.60 Å². The molecular weight excluding hydrogens is 306 g/mol. The molecule has 0 aromatic heterocycles. The van der Waals surface area contributed by atoms with Crippen LogP contribution in [0.25, 0.3) is 0 Å². The molecule has 0 aliphatic carbocycles. The summed E-state index contributed by atoms with van der Waals surface area (Å²) >= 11 is 0. The molecule has 0 N–H and O–H groups in total. The number of rotatable bonds is 3. The predicted octanol–water partition coefficient (Wildman–Crippen LogP) is 3.59. The number of carbonyl (C=O) groups is 2. The summed E-state index contributed by atoms with van der Waals surface area (Å²) in [4.78, 5) is 26.4. The first kappa shape index (κ1) is 18.3. The standard InChI is InChI=1S/C19H27NO4/c1-5-23-17(21)15-11-12-20(18(22)24-19(2,3)4)13-16(15)14-9-7-6-8-10-14/h6-10,15-16H,5,11-13H2,1-4H3/t15-,16+/m1/s1. The van der Waals surface area contributed by atoms with Crippen molar-refractivity contribution in [1.82, 2.24) is 4.90 Å². The van der Waals surface area contributed by atoms with E-state index in [1.807, 2.05) is 58.0 Å². The van der Waals surface area contributed by atoms with E-state index in [0.29, 0.717) is 26.1 Å². The van der Waals surface area contributed by atoms with Crippen LogP contribution in [0.1, 0.15) is 45.6 Å². The van der Waals surface area contributed by atoms with Crippen LogP contribution < -0.4 is 0 Å². The molecule has 0 radical (unpaired) electrons. The third kappa shape index (κ3) is 4.73. The van der Waals surface area contributed by atoms with E-state index in [2.05, 4.69) is 0 Å². The van der Waals surface area contributed by atoms with Gasteiger partial charge in [-0.05, 0) is 39.7 Å². The minimum Gasteiger partial charge on any atom is -0.466 e. The van der Waals surface area contributed by atoms with Crippen molar-refractivity contribution in [3.63, 3.8) is 0 Å². The zero-order valence-electron chi connectivity index (χ0n) is 15.0. The summed E-state index contributed by atoms with van der Waals surface area (Å²) in [7, 11) is 0. The smallest absolute Gasteiger partial charge is 0.410 e. The second kappa shape index (κ2) is 7.69. The van der Waals surface area contributed by atoms with Crippen LogP contribution in [-0.2, 0) is 14.3 Å². The Hall–Kier alpha value is -2.04. The number of benzene rings is 1. The van der Waals surface area contributed by atoms with E-state index in [4.69, 9.17) is 9.47 Å². The lowest BCUT2D eigenvalue weighted by molar-refractivity contribution is -0.150. The molecule has 1 aromatic carbocycles. The number of likely N-dealkylation sites (tertiary alicyclic amines) is 1. The quantitative estimate of drug-likeness (QED) is 0.793. The molecule has 1 aromatic rings. The van der Waals surface area contributed by atoms with Gasteiger partial charge >= 0.3 is 12.1 Å². The largest absolute Gasteiger partial charge is 0.466 e. The van der Waals surface area contributed by atoms with Crippen molar-refractivity contribution in [2.75, 3.05) is 19.7 Å². The normalized spacial score (nSPS) is 21.2. The summed E-state index contributed by atoms with van der Waals surface area (Å²) in [5, 5.41) is 0. The monoisotopic (exact) mass is 333 g/mol. The lowest BCUT2D eigenvalue weighted by Crippen LogP contribution is -2.47. The number of amides is 1. The maximum absolute atomic E-state index is 12.4. The van der Waals surface area contributed by atoms with Crippen molar-refractivity contribution >= 4 is 12.1 Å². The molecule has 132 valence electrons. The molecule has 24 heavy (non-hydrogen) atoms. The van der Waals surface area contributed by atoms with E-state index in [-0.39, 0.29) is 23.9 Å². The van der Waals surface area contributed by atoms with Crippen LogP contribution in [0.4, 0.5) is 4.79 Å². The van der Waals surface area contributed by atoms with E-state index in [9.17, 15) is 9.59 Å². The summed E-state index contributed by atoms with van der Waals surface area (Å²) in [6, 6.07) is 9.83. The molecule has 1 saturated heterocycles. The lowest BCUT2D eigenvalue weighted by Gasteiger charge is -2.38. The molecule has 5 nitrogen and oxygen atoms in total. The Kier molecular flexibility index (Phi) is 5.86. The Balaban J connectivity index is 2.18. The highest BCUT2D eigenvalue weighted by molar-refractivity contribution is 5.75. The Morgan fingerprint density at radius 1 is 1.21 bits per heavy atom. The number of nitrogens with zero attached hydrogens (tertiary/aromatic N) is 1. The second-order valence-electron chi connectivity index (χ2n) is 7.09. The zero-order valence-corrected chi connectivity index (χ0v) is 15.0. The molecule has 1 fully saturated rings. The third-order valence-electron chi connectivity index (χ3n) is 4.08. The number of esters is 1. The van der Waals surface area contributed by atoms with Gasteiger partial charge in [-0.25, -0.2) is 4.79 Å². The Morgan fingerprint density at radius 2 is 1.88 bits per heavy atom. The van der Waals surface area contributed by atoms with Crippen LogP contribution in [-0.4, -0.2) is 42.3 Å². The van der Waals surface area contributed by atoms with Crippen LogP contribution in [0.15, 0.2) is 30.3 Å². The topological polar surface area (TPSA) is 55.8 Å². The Bertz CT molecular complexity index is 564. The van der Waals surface area contributed by atoms with Crippen molar-refractivity contribution in [2.45, 2.75) is 45.6 Å². The number of carbonyl (C=O) groups excluding carboxylic acids is 2. The molecule has 1 amide bonds. The molecule has 1 heterocycles. The summed E-state index contributed by atoms with van der Waals surface area (Å²) in [5.74, 6) is -0.493. The van der Waals surface area contributed by atoms with Crippen molar-refractivity contribution in [3.05, 3.63) is 35.9 Å². The fourth-order valence-corrected chi connectivity index (χ4v) is 3.01. The zero-order chi connectivity index (χ0) is 17.7. The van der Waals surface area contributed by atoms with E-state index in [1.165, 1.54) is 0 Å². The minimum atomic E-state index is -0.530. The van der Waals surface area contributed by atoms with Crippen LogP contribution in [0.5, 0.6) is 0 Å². The van der Waals surface area contributed by atoms with Gasteiger partial charge in [0.1, 0.15) is 5.60 Å². The van der Waals surface area contributed by atoms with Gasteiger partial charge in [0.25, 0.3) is 0 Å². The number of piperidine rings is 1. The van der Waals surface area contributed by atoms with Gasteiger partial charge in [0.2, 0.25) is 0 Å². The molecule has 0 unspecified atom stereocenters. The van der Waals surface area contributed by atoms with Crippen LogP contribution >= 0.6 is 0 Å². The summed E-state index contributed by atoms with van der Waals surface area (Å²) in [6.45, 7) is 8.70. The highest BCUT2D eigenvalue weighted by Gasteiger charge is 2.38. The summed E-state index contributed by atoms with van der Waals surface area (Å²) in [5.41, 5.74) is 0.515. The fraction of sp³-hybridized carbons (Fsp3) is 0.579. The molecule has 2 rings (SSSR count). The van der Waals surface area contributed by atoms with E-state index in [1.54, 1.807) is 4.90 Å². The first-order valence-electron chi connectivity index (χ1n) is 8.51. The average Bonchev–Trinajstić information content (AvgIpc) is 2.54. The average molecular weight is 333 g/mol. The number of ether oxygens (including phenoxy) is 2. The van der Waals surface area contributed by atoms with Gasteiger partial charge in [0.05, 0.1) is 12.5 Å². The van der Waals surface area contributed by atoms with Crippen LogP contribution in [0.2, 0.25) is 0 Å². The summed E-state index contributed by atoms with van der Waals surface area (Å²) in [6.07, 6.45) is 0.253. The second-order valence-corrected chi connectivity index (χ2v) is 7.09. The molecule has 0 bridgehead atoms. The molecule has 0 saturated carbocycles. The minimum absolute atomic E-state index is 0.0773. The summed E-state index contributed by atoms with van der Waals surface area (Å²) < 4.78 is 10.7. The van der Waals surface area contributed by atoms with E-state index >= 15 is 0 Å². The van der Waals surface area contributed by atoms with Crippen LogP contribution in [0, 0.1) is 5.92 Å². The molecule has 0 spiro atoms.